The highest BCUT2D eigenvalue weighted by atomic mass is 32.2. The van der Waals surface area contributed by atoms with E-state index in [4.69, 9.17) is 22.1 Å². The molecule has 0 spiro atoms. The van der Waals surface area contributed by atoms with Crippen LogP contribution in [-0.4, -0.2) is 38.1 Å². The van der Waals surface area contributed by atoms with Crippen molar-refractivity contribution in [2.75, 3.05) is 7.11 Å². The summed E-state index contributed by atoms with van der Waals surface area (Å²) in [5, 5.41) is 4.89. The number of hydrogen-bond acceptors (Lipinski definition) is 5. The Hall–Kier alpha value is -2.90. The highest BCUT2D eigenvalue weighted by molar-refractivity contribution is 8.26. The van der Waals surface area contributed by atoms with Gasteiger partial charge < -0.3 is 4.74 Å². The van der Waals surface area contributed by atoms with Crippen LogP contribution in [0.4, 0.5) is 0 Å². The predicted molar refractivity (Wildman–Crippen MR) is 135 cm³/mol. The Morgan fingerprint density at radius 2 is 1.97 bits per heavy atom. The second-order valence-electron chi connectivity index (χ2n) is 7.70. The summed E-state index contributed by atoms with van der Waals surface area (Å²) in [5.41, 5.74) is 4.66. The van der Waals surface area contributed by atoms with Gasteiger partial charge >= 0.3 is 0 Å². The number of benzene rings is 2. The topological polar surface area (TPSA) is 47.4 Å². The number of thioether (sulfide) groups is 1. The average Bonchev–Trinajstić information content (AvgIpc) is 3.34. The van der Waals surface area contributed by atoms with E-state index in [1.54, 1.807) is 12.0 Å². The van der Waals surface area contributed by atoms with Gasteiger partial charge in [-0.15, -0.1) is 0 Å². The van der Waals surface area contributed by atoms with Crippen LogP contribution in [-0.2, 0) is 4.79 Å². The Bertz CT molecular complexity index is 1200. The van der Waals surface area contributed by atoms with Gasteiger partial charge in [0.15, 0.2) is 0 Å². The summed E-state index contributed by atoms with van der Waals surface area (Å²) in [4.78, 5) is 15.4. The molecule has 0 N–H and O–H groups in total. The molecule has 164 valence electrons. The summed E-state index contributed by atoms with van der Waals surface area (Å²) in [6, 6.07) is 15.9. The minimum atomic E-state index is -0.0424. The van der Waals surface area contributed by atoms with E-state index in [2.05, 4.69) is 6.92 Å². The SMILES string of the molecule is CCC(C)N1C(=O)/C(=C\c2cn(-c3ccccc3)nc2-c2ccc(OC)cc2C)SC1=S. The molecule has 1 atom stereocenters. The standard InChI is InChI=1S/C25H25N3O2S2/c1-5-17(3)28-24(29)22(32-25(28)31)14-18-15-27(19-9-7-6-8-10-19)26-23(18)21-12-11-20(30-4)13-16(21)2/h6-15,17H,5H2,1-4H3/b22-14+. The maximum atomic E-state index is 13.1. The number of ether oxygens (including phenoxy) is 1. The lowest BCUT2D eigenvalue weighted by Crippen LogP contribution is -2.36. The summed E-state index contributed by atoms with van der Waals surface area (Å²) in [5.74, 6) is 0.754. The fraction of sp³-hybridized carbons (Fsp3) is 0.240. The van der Waals surface area contributed by atoms with Crippen molar-refractivity contribution in [3.05, 3.63) is 70.8 Å². The molecule has 1 aliphatic rings. The Labute approximate surface area is 198 Å². The van der Waals surface area contributed by atoms with E-state index in [9.17, 15) is 4.79 Å². The van der Waals surface area contributed by atoms with Crippen molar-refractivity contribution in [2.24, 2.45) is 0 Å². The zero-order chi connectivity index (χ0) is 22.8. The van der Waals surface area contributed by atoms with Gasteiger partial charge in [-0.2, -0.15) is 5.10 Å². The molecule has 3 aromatic rings. The predicted octanol–water partition coefficient (Wildman–Crippen LogP) is 5.86. The van der Waals surface area contributed by atoms with E-state index >= 15 is 0 Å². The minimum absolute atomic E-state index is 0.0424. The molecule has 2 aromatic carbocycles. The van der Waals surface area contributed by atoms with Crippen molar-refractivity contribution in [1.29, 1.82) is 0 Å². The molecule has 1 saturated heterocycles. The summed E-state index contributed by atoms with van der Waals surface area (Å²) >= 11 is 6.85. The quantitative estimate of drug-likeness (QED) is 0.339. The third kappa shape index (κ3) is 4.23. The lowest BCUT2D eigenvalue weighted by molar-refractivity contribution is -0.123. The van der Waals surface area contributed by atoms with Gasteiger partial charge in [0.1, 0.15) is 15.8 Å². The lowest BCUT2D eigenvalue weighted by atomic mass is 10.0. The fourth-order valence-electron chi connectivity index (χ4n) is 3.63. The number of carbonyl (C=O) groups excluding carboxylic acids is 1. The van der Waals surface area contributed by atoms with Crippen LogP contribution in [0.5, 0.6) is 5.75 Å². The van der Waals surface area contributed by atoms with E-state index < -0.39 is 0 Å². The van der Waals surface area contributed by atoms with Gasteiger partial charge in [0.2, 0.25) is 0 Å². The van der Waals surface area contributed by atoms with E-state index in [-0.39, 0.29) is 11.9 Å². The van der Waals surface area contributed by atoms with Gasteiger partial charge in [-0.3, -0.25) is 9.69 Å². The third-order valence-electron chi connectivity index (χ3n) is 5.59. The summed E-state index contributed by atoms with van der Waals surface area (Å²) < 4.78 is 7.82. The highest BCUT2D eigenvalue weighted by Crippen LogP contribution is 2.37. The number of methoxy groups -OCH3 is 1. The molecule has 1 amide bonds. The van der Waals surface area contributed by atoms with Crippen molar-refractivity contribution >= 4 is 40.3 Å². The molecule has 0 aliphatic carbocycles. The van der Waals surface area contributed by atoms with Crippen LogP contribution < -0.4 is 4.74 Å². The van der Waals surface area contributed by atoms with Crippen molar-refractivity contribution in [1.82, 2.24) is 14.7 Å². The van der Waals surface area contributed by atoms with Crippen LogP contribution in [0.15, 0.2) is 59.6 Å². The summed E-state index contributed by atoms with van der Waals surface area (Å²) in [6.07, 6.45) is 4.72. The van der Waals surface area contributed by atoms with Gasteiger partial charge in [0.25, 0.3) is 5.91 Å². The van der Waals surface area contributed by atoms with Gasteiger partial charge in [0, 0.05) is 23.4 Å². The smallest absolute Gasteiger partial charge is 0.266 e. The van der Waals surface area contributed by atoms with Gasteiger partial charge in [-0.25, -0.2) is 4.68 Å². The molecule has 0 bridgehead atoms. The maximum Gasteiger partial charge on any atom is 0.266 e. The Balaban J connectivity index is 1.83. The molecule has 0 radical (unpaired) electrons. The van der Waals surface area contributed by atoms with Crippen molar-refractivity contribution in [3.8, 4) is 22.7 Å². The molecule has 4 rings (SSSR count). The monoisotopic (exact) mass is 463 g/mol. The van der Waals surface area contributed by atoms with E-state index in [1.807, 2.05) is 79.3 Å². The first kappa shape index (κ1) is 22.3. The van der Waals surface area contributed by atoms with Gasteiger partial charge in [-0.05, 0) is 62.2 Å². The second kappa shape index (κ2) is 9.30. The zero-order valence-electron chi connectivity index (χ0n) is 18.5. The molecule has 0 saturated carbocycles. The number of rotatable bonds is 6. The summed E-state index contributed by atoms with van der Waals surface area (Å²) in [6.45, 7) is 6.11. The molecular formula is C25H25N3O2S2. The summed E-state index contributed by atoms with van der Waals surface area (Å²) in [7, 11) is 1.66. The zero-order valence-corrected chi connectivity index (χ0v) is 20.2. The maximum absolute atomic E-state index is 13.1. The van der Waals surface area contributed by atoms with Crippen LogP contribution in [0.1, 0.15) is 31.4 Å². The second-order valence-corrected chi connectivity index (χ2v) is 9.38. The number of para-hydroxylation sites is 1. The number of hydrogen-bond donors (Lipinski definition) is 0. The van der Waals surface area contributed by atoms with Crippen LogP contribution in [0.25, 0.3) is 23.0 Å². The molecule has 2 heterocycles. The molecular weight excluding hydrogens is 438 g/mol. The molecule has 1 unspecified atom stereocenters. The van der Waals surface area contributed by atoms with E-state index in [0.29, 0.717) is 9.23 Å². The highest BCUT2D eigenvalue weighted by Gasteiger charge is 2.35. The number of thiocarbonyl (C=S) groups is 1. The first-order valence-corrected chi connectivity index (χ1v) is 11.7. The molecule has 1 fully saturated rings. The van der Waals surface area contributed by atoms with Crippen LogP contribution in [0.2, 0.25) is 0 Å². The fourth-order valence-corrected chi connectivity index (χ4v) is 5.08. The third-order valence-corrected chi connectivity index (χ3v) is 6.92. The number of aromatic nitrogens is 2. The molecule has 1 aliphatic heterocycles. The van der Waals surface area contributed by atoms with Crippen molar-refractivity contribution in [2.45, 2.75) is 33.2 Å². The molecule has 1 aromatic heterocycles. The first-order chi connectivity index (χ1) is 15.4. The molecule has 7 heteroatoms. The van der Waals surface area contributed by atoms with Crippen molar-refractivity contribution < 1.29 is 9.53 Å². The number of carbonyl (C=O) groups is 1. The number of aryl methyl sites for hydroxylation is 1. The number of nitrogens with zero attached hydrogens (tertiary/aromatic N) is 3. The largest absolute Gasteiger partial charge is 0.497 e. The van der Waals surface area contributed by atoms with Gasteiger partial charge in [-0.1, -0.05) is 49.1 Å². The lowest BCUT2D eigenvalue weighted by Gasteiger charge is -2.21. The average molecular weight is 464 g/mol. The minimum Gasteiger partial charge on any atom is -0.497 e. The Morgan fingerprint density at radius 3 is 2.62 bits per heavy atom. The molecule has 5 nitrogen and oxygen atoms in total. The van der Waals surface area contributed by atoms with Gasteiger partial charge in [0.05, 0.1) is 17.7 Å². The Morgan fingerprint density at radius 1 is 1.22 bits per heavy atom. The van der Waals surface area contributed by atoms with E-state index in [1.165, 1.54) is 11.8 Å². The number of amides is 1. The van der Waals surface area contributed by atoms with E-state index in [0.717, 1.165) is 40.2 Å². The Kier molecular flexibility index (Phi) is 6.48. The van der Waals surface area contributed by atoms with Crippen molar-refractivity contribution in [3.63, 3.8) is 0 Å². The first-order valence-electron chi connectivity index (χ1n) is 10.5. The van der Waals surface area contributed by atoms with Crippen LogP contribution >= 0.6 is 24.0 Å². The molecule has 32 heavy (non-hydrogen) atoms. The normalized spacial score (nSPS) is 16.1. The van der Waals surface area contributed by atoms with Crippen LogP contribution in [0, 0.1) is 6.92 Å². The van der Waals surface area contributed by atoms with Crippen LogP contribution in [0.3, 0.4) is 0 Å².